The first-order chi connectivity index (χ1) is 10.2. The Morgan fingerprint density at radius 1 is 1.05 bits per heavy atom. The van der Waals surface area contributed by atoms with E-state index in [1.54, 1.807) is 0 Å². The number of amides is 1. The number of para-hydroxylation sites is 1. The minimum Gasteiger partial charge on any atom is -0.358 e. The Morgan fingerprint density at radius 3 is 2.43 bits per heavy atom. The van der Waals surface area contributed by atoms with Crippen LogP contribution in [0.4, 0.5) is 5.69 Å². The average Bonchev–Trinajstić information content (AvgIpc) is 2.53. The van der Waals surface area contributed by atoms with E-state index in [2.05, 4.69) is 24.4 Å². The zero-order valence-corrected chi connectivity index (χ0v) is 12.5. The van der Waals surface area contributed by atoms with Crippen molar-refractivity contribution in [1.29, 1.82) is 0 Å². The van der Waals surface area contributed by atoms with Gasteiger partial charge in [0.05, 0.1) is 5.56 Å². The van der Waals surface area contributed by atoms with Crippen molar-refractivity contribution < 1.29 is 4.79 Å². The van der Waals surface area contributed by atoms with Gasteiger partial charge >= 0.3 is 0 Å². The normalized spacial score (nSPS) is 20.9. The van der Waals surface area contributed by atoms with Gasteiger partial charge in [-0.2, -0.15) is 0 Å². The molecule has 0 bridgehead atoms. The lowest BCUT2D eigenvalue weighted by Crippen LogP contribution is -2.55. The van der Waals surface area contributed by atoms with E-state index < -0.39 is 5.66 Å². The number of hydrogen-bond donors (Lipinski definition) is 1. The molecule has 0 saturated heterocycles. The summed E-state index contributed by atoms with van der Waals surface area (Å²) >= 11 is 0. The van der Waals surface area contributed by atoms with Crippen LogP contribution < -0.4 is 5.32 Å². The van der Waals surface area contributed by atoms with Gasteiger partial charge in [0.15, 0.2) is 0 Å². The molecule has 0 aromatic heterocycles. The quantitative estimate of drug-likeness (QED) is 0.926. The number of carbonyl (C=O) groups excluding carboxylic acids is 1. The van der Waals surface area contributed by atoms with Gasteiger partial charge in [-0.3, -0.25) is 4.79 Å². The molecule has 108 valence electrons. The van der Waals surface area contributed by atoms with Crippen molar-refractivity contribution in [2.75, 3.05) is 12.4 Å². The fourth-order valence-corrected chi connectivity index (χ4v) is 3.16. The zero-order valence-electron chi connectivity index (χ0n) is 12.5. The minimum absolute atomic E-state index is 0.0710. The second kappa shape index (κ2) is 5.24. The molecule has 3 heteroatoms. The van der Waals surface area contributed by atoms with Crippen LogP contribution in [0, 0.1) is 0 Å². The summed E-state index contributed by atoms with van der Waals surface area (Å²) in [6.45, 7) is 2.14. The molecule has 0 saturated carbocycles. The van der Waals surface area contributed by atoms with Gasteiger partial charge in [-0.15, -0.1) is 0 Å². The minimum atomic E-state index is -0.471. The molecule has 0 spiro atoms. The van der Waals surface area contributed by atoms with Gasteiger partial charge in [0.25, 0.3) is 5.91 Å². The number of benzene rings is 2. The molecule has 0 aliphatic carbocycles. The van der Waals surface area contributed by atoms with Crippen LogP contribution in [0.1, 0.15) is 35.7 Å². The van der Waals surface area contributed by atoms with Gasteiger partial charge in [0.2, 0.25) is 0 Å². The lowest BCUT2D eigenvalue weighted by Gasteiger charge is -2.47. The summed E-state index contributed by atoms with van der Waals surface area (Å²) in [5.41, 5.74) is 2.30. The molecule has 3 nitrogen and oxygen atoms in total. The van der Waals surface area contributed by atoms with E-state index >= 15 is 0 Å². The second-order valence-electron chi connectivity index (χ2n) is 5.51. The number of rotatable bonds is 3. The third kappa shape index (κ3) is 2.09. The fraction of sp³-hybridized carbons (Fsp3) is 0.278. The average molecular weight is 280 g/mol. The Bertz CT molecular complexity index is 653. The summed E-state index contributed by atoms with van der Waals surface area (Å²) in [6.07, 6.45) is 1.86. The van der Waals surface area contributed by atoms with Crippen LogP contribution in [-0.2, 0) is 5.66 Å². The first-order valence-corrected chi connectivity index (χ1v) is 7.40. The summed E-state index contributed by atoms with van der Waals surface area (Å²) in [6, 6.07) is 17.9. The highest BCUT2D eigenvalue weighted by atomic mass is 16.2. The maximum absolute atomic E-state index is 12.8. The van der Waals surface area contributed by atoms with E-state index in [4.69, 9.17) is 0 Å². The number of anilines is 1. The van der Waals surface area contributed by atoms with Crippen molar-refractivity contribution in [3.63, 3.8) is 0 Å². The van der Waals surface area contributed by atoms with Crippen molar-refractivity contribution in [1.82, 2.24) is 4.90 Å². The molecule has 1 unspecified atom stereocenters. The summed E-state index contributed by atoms with van der Waals surface area (Å²) in [4.78, 5) is 14.6. The van der Waals surface area contributed by atoms with Crippen molar-refractivity contribution in [2.45, 2.75) is 25.4 Å². The molecule has 1 heterocycles. The summed E-state index contributed by atoms with van der Waals surface area (Å²) in [5.74, 6) is 0.0710. The third-order valence-corrected chi connectivity index (χ3v) is 4.24. The van der Waals surface area contributed by atoms with Crippen LogP contribution in [0.3, 0.4) is 0 Å². The summed E-state index contributed by atoms with van der Waals surface area (Å²) in [7, 11) is 1.88. The molecule has 1 aliphatic heterocycles. The Morgan fingerprint density at radius 2 is 1.71 bits per heavy atom. The number of nitrogens with one attached hydrogen (secondary N) is 1. The maximum Gasteiger partial charge on any atom is 0.257 e. The molecule has 1 N–H and O–H groups in total. The number of fused-ring (bicyclic) bond motifs is 1. The number of carbonyl (C=O) groups is 1. The monoisotopic (exact) mass is 280 g/mol. The summed E-state index contributed by atoms with van der Waals surface area (Å²) in [5, 5.41) is 3.61. The van der Waals surface area contributed by atoms with E-state index in [0.717, 1.165) is 29.7 Å². The standard InChI is InChI=1S/C18H20N2O/c1-3-13-18(14-9-5-4-6-10-14)19-16-12-8-7-11-15(16)17(21)20(18)2/h4-12,19H,3,13H2,1-2H3. The Labute approximate surface area is 125 Å². The van der Waals surface area contributed by atoms with Gasteiger partial charge in [0.1, 0.15) is 5.66 Å². The van der Waals surface area contributed by atoms with Gasteiger partial charge < -0.3 is 10.2 Å². The van der Waals surface area contributed by atoms with Gasteiger partial charge in [-0.1, -0.05) is 55.8 Å². The first-order valence-electron chi connectivity index (χ1n) is 7.40. The van der Waals surface area contributed by atoms with Gasteiger partial charge in [-0.25, -0.2) is 0 Å². The van der Waals surface area contributed by atoms with Crippen LogP contribution >= 0.6 is 0 Å². The lowest BCUT2D eigenvalue weighted by molar-refractivity contribution is 0.0561. The van der Waals surface area contributed by atoms with E-state index in [-0.39, 0.29) is 5.91 Å². The van der Waals surface area contributed by atoms with Crippen LogP contribution in [0.25, 0.3) is 0 Å². The second-order valence-corrected chi connectivity index (χ2v) is 5.51. The van der Waals surface area contributed by atoms with Crippen LogP contribution in [0.15, 0.2) is 54.6 Å². The van der Waals surface area contributed by atoms with Crippen LogP contribution in [-0.4, -0.2) is 17.9 Å². The van der Waals surface area contributed by atoms with E-state index in [1.165, 1.54) is 0 Å². The van der Waals surface area contributed by atoms with E-state index in [1.807, 2.05) is 54.4 Å². The molecule has 1 aliphatic rings. The van der Waals surface area contributed by atoms with Gasteiger partial charge in [0, 0.05) is 12.7 Å². The number of nitrogens with zero attached hydrogens (tertiary/aromatic N) is 1. The smallest absolute Gasteiger partial charge is 0.257 e. The van der Waals surface area contributed by atoms with E-state index in [0.29, 0.717) is 0 Å². The third-order valence-electron chi connectivity index (χ3n) is 4.24. The molecular weight excluding hydrogens is 260 g/mol. The molecule has 1 amide bonds. The predicted octanol–water partition coefficient (Wildman–Crippen LogP) is 3.84. The highest BCUT2D eigenvalue weighted by molar-refractivity contribution is 6.02. The van der Waals surface area contributed by atoms with Crippen LogP contribution in [0.5, 0.6) is 0 Å². The lowest BCUT2D eigenvalue weighted by atomic mass is 9.89. The van der Waals surface area contributed by atoms with Crippen molar-refractivity contribution >= 4 is 11.6 Å². The Kier molecular flexibility index (Phi) is 3.42. The SMILES string of the molecule is CCCC1(c2ccccc2)Nc2ccccc2C(=O)N1C. The first kappa shape index (κ1) is 13.7. The highest BCUT2D eigenvalue weighted by Crippen LogP contribution is 2.39. The molecule has 21 heavy (non-hydrogen) atoms. The van der Waals surface area contributed by atoms with Crippen molar-refractivity contribution in [3.05, 3.63) is 65.7 Å². The van der Waals surface area contributed by atoms with Crippen molar-refractivity contribution in [3.8, 4) is 0 Å². The molecule has 0 radical (unpaired) electrons. The van der Waals surface area contributed by atoms with E-state index in [9.17, 15) is 4.79 Å². The molecule has 1 atom stereocenters. The highest BCUT2D eigenvalue weighted by Gasteiger charge is 2.43. The Hall–Kier alpha value is -2.29. The number of hydrogen-bond acceptors (Lipinski definition) is 2. The van der Waals surface area contributed by atoms with Crippen LogP contribution in [0.2, 0.25) is 0 Å². The predicted molar refractivity (Wildman–Crippen MR) is 85.2 cm³/mol. The zero-order chi connectivity index (χ0) is 14.9. The largest absolute Gasteiger partial charge is 0.358 e. The molecule has 2 aromatic carbocycles. The Balaban J connectivity index is 2.16. The summed E-state index contributed by atoms with van der Waals surface area (Å²) < 4.78 is 0. The molecule has 2 aromatic rings. The molecule has 0 fully saturated rings. The molecular formula is C18H20N2O. The fourth-order valence-electron chi connectivity index (χ4n) is 3.16. The topological polar surface area (TPSA) is 32.3 Å². The van der Waals surface area contributed by atoms with Crippen molar-refractivity contribution in [2.24, 2.45) is 0 Å². The van der Waals surface area contributed by atoms with Gasteiger partial charge in [-0.05, 0) is 24.1 Å². The molecule has 3 rings (SSSR count). The maximum atomic E-state index is 12.8.